The molecule has 1 spiro atoms. The van der Waals surface area contributed by atoms with E-state index in [1.54, 1.807) is 0 Å². The van der Waals surface area contributed by atoms with E-state index >= 15 is 0 Å². The highest BCUT2D eigenvalue weighted by molar-refractivity contribution is 5.98. The molecule has 1 saturated carbocycles. The summed E-state index contributed by atoms with van der Waals surface area (Å²) in [5, 5.41) is 0. The Kier molecular flexibility index (Phi) is 6.03. The number of likely N-dealkylation sites (tertiary alicyclic amines) is 1. The fraction of sp³-hybridized carbons (Fsp3) is 0.652. The Labute approximate surface area is 181 Å². The zero-order chi connectivity index (χ0) is 22.2. The smallest absolute Gasteiger partial charge is 0.369 e. The third-order valence-electron chi connectivity index (χ3n) is 7.21. The van der Waals surface area contributed by atoms with Gasteiger partial charge in [-0.05, 0) is 42.9 Å². The second-order valence-electron chi connectivity index (χ2n) is 9.33. The van der Waals surface area contributed by atoms with Gasteiger partial charge in [-0.3, -0.25) is 19.4 Å². The van der Waals surface area contributed by atoms with Crippen molar-refractivity contribution < 1.29 is 22.8 Å². The molecular weight excluding hydrogens is 407 g/mol. The van der Waals surface area contributed by atoms with Crippen LogP contribution in [0.1, 0.15) is 49.7 Å². The van der Waals surface area contributed by atoms with Crippen molar-refractivity contribution in [3.05, 3.63) is 29.3 Å². The van der Waals surface area contributed by atoms with Crippen LogP contribution in [-0.4, -0.2) is 60.9 Å². The fourth-order valence-electron chi connectivity index (χ4n) is 5.34. The molecule has 170 valence electrons. The maximum absolute atomic E-state index is 13.1. The molecule has 0 atom stereocenters. The molecule has 3 aliphatic rings. The summed E-state index contributed by atoms with van der Waals surface area (Å²) in [4.78, 5) is 30.8. The van der Waals surface area contributed by atoms with Gasteiger partial charge in [-0.1, -0.05) is 18.9 Å². The van der Waals surface area contributed by atoms with E-state index in [0.29, 0.717) is 57.8 Å². The number of carbonyl (C=O) groups excluding carboxylic acids is 2. The Hall–Kier alpha value is -2.09. The Morgan fingerprint density at radius 1 is 0.935 bits per heavy atom. The number of benzene rings is 1. The second kappa shape index (κ2) is 8.45. The molecule has 0 radical (unpaired) electrons. The number of alkyl halides is 3. The summed E-state index contributed by atoms with van der Waals surface area (Å²) >= 11 is 0. The molecule has 1 aromatic rings. The van der Waals surface area contributed by atoms with Gasteiger partial charge in [0.05, 0.1) is 5.56 Å². The Morgan fingerprint density at radius 3 is 2.13 bits per heavy atom. The van der Waals surface area contributed by atoms with E-state index in [-0.39, 0.29) is 17.2 Å². The molecule has 2 aliphatic heterocycles. The average molecular weight is 438 g/mol. The Balaban J connectivity index is 1.30. The molecule has 0 unspecified atom stereocenters. The number of halogens is 3. The zero-order valence-electron chi connectivity index (χ0n) is 18.0. The lowest BCUT2D eigenvalue weighted by molar-refractivity contribution is -0.153. The summed E-state index contributed by atoms with van der Waals surface area (Å²) in [5.41, 5.74) is 0.737. The molecule has 0 aromatic heterocycles. The molecule has 1 aromatic carbocycles. The minimum absolute atomic E-state index is 0.0450. The second-order valence-corrected chi connectivity index (χ2v) is 9.33. The Morgan fingerprint density at radius 2 is 1.55 bits per heavy atom. The summed E-state index contributed by atoms with van der Waals surface area (Å²) in [6, 6.07) is 3.88. The van der Waals surface area contributed by atoms with Gasteiger partial charge in [0.1, 0.15) is 0 Å². The van der Waals surface area contributed by atoms with Crippen molar-refractivity contribution in [2.24, 2.45) is 5.41 Å². The van der Waals surface area contributed by atoms with Crippen LogP contribution in [-0.2, 0) is 15.8 Å². The van der Waals surface area contributed by atoms with E-state index in [2.05, 4.69) is 4.90 Å². The van der Waals surface area contributed by atoms with E-state index in [1.165, 1.54) is 17.0 Å². The summed E-state index contributed by atoms with van der Waals surface area (Å²) in [5.74, 6) is -0.0900. The number of imide groups is 1. The van der Waals surface area contributed by atoms with Crippen molar-refractivity contribution in [2.45, 2.75) is 51.6 Å². The van der Waals surface area contributed by atoms with Crippen molar-refractivity contribution in [3.63, 3.8) is 0 Å². The maximum Gasteiger partial charge on any atom is 0.416 e. The van der Waals surface area contributed by atoms with Crippen molar-refractivity contribution >= 4 is 17.5 Å². The number of carbonyl (C=O) groups is 2. The molecule has 4 rings (SSSR count). The minimum atomic E-state index is -4.35. The van der Waals surface area contributed by atoms with Crippen molar-refractivity contribution in [1.82, 2.24) is 9.80 Å². The number of hydrogen-bond donors (Lipinski definition) is 0. The van der Waals surface area contributed by atoms with Crippen LogP contribution >= 0.6 is 0 Å². The topological polar surface area (TPSA) is 43.9 Å². The SMILES string of the molecule is Cc1ccc(C(F)(F)F)cc1N1CCN(CCN2C(=O)CC3(CCCC3)CC2=O)CC1. The first-order valence-corrected chi connectivity index (χ1v) is 11.2. The number of amides is 2. The number of anilines is 1. The average Bonchev–Trinajstić information content (AvgIpc) is 3.14. The first-order valence-electron chi connectivity index (χ1n) is 11.2. The highest BCUT2D eigenvalue weighted by Crippen LogP contribution is 2.46. The first-order chi connectivity index (χ1) is 14.7. The molecule has 3 fully saturated rings. The van der Waals surface area contributed by atoms with E-state index in [0.717, 1.165) is 37.3 Å². The number of hydrogen-bond acceptors (Lipinski definition) is 4. The van der Waals surface area contributed by atoms with E-state index < -0.39 is 11.7 Å². The van der Waals surface area contributed by atoms with Crippen LogP contribution in [0.5, 0.6) is 0 Å². The standard InChI is InChI=1S/C23H30F3N3O2/c1-17-4-5-18(23(24,25)26)14-19(17)28-11-8-27(9-12-28)10-13-29-20(30)15-22(16-21(29)31)6-2-3-7-22/h4-5,14H,2-3,6-13,15-16H2,1H3. The summed E-state index contributed by atoms with van der Waals surface area (Å²) in [6.45, 7) is 5.45. The van der Waals surface area contributed by atoms with Crippen LogP contribution in [0.4, 0.5) is 18.9 Å². The number of piperazine rings is 1. The molecule has 2 heterocycles. The summed E-state index contributed by atoms with van der Waals surface area (Å²) in [6.07, 6.45) is 0.800. The lowest BCUT2D eigenvalue weighted by atomic mass is 9.76. The lowest BCUT2D eigenvalue weighted by Gasteiger charge is -2.40. The summed E-state index contributed by atoms with van der Waals surface area (Å²) in [7, 11) is 0. The largest absolute Gasteiger partial charge is 0.416 e. The third kappa shape index (κ3) is 4.73. The lowest BCUT2D eigenvalue weighted by Crippen LogP contribution is -2.52. The third-order valence-corrected chi connectivity index (χ3v) is 7.21. The van der Waals surface area contributed by atoms with Crippen LogP contribution in [0, 0.1) is 12.3 Å². The quantitative estimate of drug-likeness (QED) is 0.672. The van der Waals surface area contributed by atoms with Gasteiger partial charge >= 0.3 is 6.18 Å². The van der Waals surface area contributed by atoms with Crippen LogP contribution < -0.4 is 4.90 Å². The van der Waals surface area contributed by atoms with Gasteiger partial charge < -0.3 is 4.90 Å². The first kappa shape index (κ1) is 22.1. The molecule has 31 heavy (non-hydrogen) atoms. The molecule has 0 N–H and O–H groups in total. The maximum atomic E-state index is 13.1. The van der Waals surface area contributed by atoms with Crippen molar-refractivity contribution in [3.8, 4) is 0 Å². The van der Waals surface area contributed by atoms with E-state index in [1.807, 2.05) is 11.8 Å². The van der Waals surface area contributed by atoms with E-state index in [9.17, 15) is 22.8 Å². The number of piperidine rings is 1. The van der Waals surface area contributed by atoms with Gasteiger partial charge in [-0.2, -0.15) is 13.2 Å². The van der Waals surface area contributed by atoms with Crippen LogP contribution in [0.15, 0.2) is 18.2 Å². The normalized spacial score (nSPS) is 22.6. The van der Waals surface area contributed by atoms with Crippen LogP contribution in [0.3, 0.4) is 0 Å². The van der Waals surface area contributed by atoms with Gasteiger partial charge in [-0.15, -0.1) is 0 Å². The molecule has 8 heteroatoms. The van der Waals surface area contributed by atoms with Gasteiger partial charge in [-0.25, -0.2) is 0 Å². The predicted molar refractivity (Wildman–Crippen MR) is 112 cm³/mol. The number of aryl methyl sites for hydroxylation is 1. The minimum Gasteiger partial charge on any atom is -0.369 e. The van der Waals surface area contributed by atoms with Gasteiger partial charge in [0, 0.05) is 57.8 Å². The molecule has 1 aliphatic carbocycles. The summed E-state index contributed by atoms with van der Waals surface area (Å²) < 4.78 is 39.2. The number of rotatable bonds is 4. The zero-order valence-corrected chi connectivity index (χ0v) is 18.0. The van der Waals surface area contributed by atoms with Crippen molar-refractivity contribution in [2.75, 3.05) is 44.2 Å². The van der Waals surface area contributed by atoms with E-state index in [4.69, 9.17) is 0 Å². The number of nitrogens with zero attached hydrogens (tertiary/aromatic N) is 3. The molecule has 5 nitrogen and oxygen atoms in total. The monoisotopic (exact) mass is 437 g/mol. The van der Waals surface area contributed by atoms with Crippen LogP contribution in [0.25, 0.3) is 0 Å². The van der Waals surface area contributed by atoms with Crippen molar-refractivity contribution in [1.29, 1.82) is 0 Å². The Bertz CT molecular complexity index is 821. The highest BCUT2D eigenvalue weighted by Gasteiger charge is 2.45. The molecule has 0 bridgehead atoms. The van der Waals surface area contributed by atoms with Gasteiger partial charge in [0.2, 0.25) is 11.8 Å². The van der Waals surface area contributed by atoms with Gasteiger partial charge in [0.25, 0.3) is 0 Å². The molecule has 2 amide bonds. The highest BCUT2D eigenvalue weighted by atomic mass is 19.4. The molecule has 2 saturated heterocycles. The molecular formula is C23H30F3N3O2. The van der Waals surface area contributed by atoms with Crippen LogP contribution in [0.2, 0.25) is 0 Å². The van der Waals surface area contributed by atoms with Gasteiger partial charge in [0.15, 0.2) is 0 Å². The fourth-order valence-corrected chi connectivity index (χ4v) is 5.34. The predicted octanol–water partition coefficient (Wildman–Crippen LogP) is 3.85.